The zero-order valence-corrected chi connectivity index (χ0v) is 9.98. The quantitative estimate of drug-likeness (QED) is 0.714. The molecule has 1 aliphatic rings. The van der Waals surface area contributed by atoms with Crippen LogP contribution in [0.3, 0.4) is 0 Å². The van der Waals surface area contributed by atoms with Gasteiger partial charge in [0.25, 0.3) is 0 Å². The molecule has 0 saturated carbocycles. The highest BCUT2D eigenvalue weighted by molar-refractivity contribution is 5.71. The largest absolute Gasteiger partial charge is 0.397 e. The molecular weight excluding hydrogens is 232 g/mol. The van der Waals surface area contributed by atoms with Gasteiger partial charge in [-0.05, 0) is 35.5 Å². The summed E-state index contributed by atoms with van der Waals surface area (Å²) >= 11 is 0. The van der Waals surface area contributed by atoms with Crippen molar-refractivity contribution in [2.75, 3.05) is 23.7 Å². The predicted molar refractivity (Wildman–Crippen MR) is 66.4 cm³/mol. The minimum absolute atomic E-state index is 0.599. The van der Waals surface area contributed by atoms with Gasteiger partial charge in [-0.2, -0.15) is 0 Å². The molecule has 0 atom stereocenters. The molecule has 0 bridgehead atoms. The summed E-state index contributed by atoms with van der Waals surface area (Å²) < 4.78 is 1.55. The highest BCUT2D eigenvalue weighted by atomic mass is 16.3. The normalized spacial score (nSPS) is 17.6. The van der Waals surface area contributed by atoms with Gasteiger partial charge in [0.15, 0.2) is 0 Å². The van der Waals surface area contributed by atoms with E-state index in [-0.39, 0.29) is 0 Å². The van der Waals surface area contributed by atoms with Gasteiger partial charge in [-0.15, -0.1) is 5.10 Å². The van der Waals surface area contributed by atoms with Crippen molar-refractivity contribution in [2.24, 2.45) is 0 Å². The Hall–Kier alpha value is -2.15. The lowest BCUT2D eigenvalue weighted by atomic mass is 9.96. The van der Waals surface area contributed by atoms with Gasteiger partial charge in [0.2, 0.25) is 0 Å². The van der Waals surface area contributed by atoms with Crippen LogP contribution in [-0.4, -0.2) is 44.0 Å². The van der Waals surface area contributed by atoms with Gasteiger partial charge < -0.3 is 15.7 Å². The van der Waals surface area contributed by atoms with Crippen LogP contribution >= 0.6 is 0 Å². The Morgan fingerprint density at radius 1 is 1.39 bits per heavy atom. The third-order valence-corrected chi connectivity index (χ3v) is 3.03. The topological polar surface area (TPSA) is 93.1 Å². The summed E-state index contributed by atoms with van der Waals surface area (Å²) in [4.78, 5) is 2.04. The molecule has 2 aromatic rings. The SMILES string of the molecule is CC1(O)CN(c2ccc(-n3cnnn3)cc2N)C1. The average molecular weight is 246 g/mol. The van der Waals surface area contributed by atoms with E-state index in [9.17, 15) is 5.11 Å². The number of benzene rings is 1. The number of aliphatic hydroxyl groups is 1. The predicted octanol–water partition coefficient (Wildman–Crippen LogP) is -0.185. The van der Waals surface area contributed by atoms with E-state index in [0.717, 1.165) is 11.4 Å². The molecule has 18 heavy (non-hydrogen) atoms. The van der Waals surface area contributed by atoms with Gasteiger partial charge in [0, 0.05) is 13.1 Å². The number of nitrogen functional groups attached to an aromatic ring is 1. The number of hydrogen-bond donors (Lipinski definition) is 2. The minimum Gasteiger partial charge on any atom is -0.397 e. The van der Waals surface area contributed by atoms with Crippen LogP contribution in [0.25, 0.3) is 5.69 Å². The van der Waals surface area contributed by atoms with Crippen LogP contribution < -0.4 is 10.6 Å². The summed E-state index contributed by atoms with van der Waals surface area (Å²) in [6.07, 6.45) is 1.52. The van der Waals surface area contributed by atoms with E-state index in [1.807, 2.05) is 30.0 Å². The fraction of sp³-hybridized carbons (Fsp3) is 0.364. The first-order valence-electron chi connectivity index (χ1n) is 5.65. The molecule has 1 fully saturated rings. The van der Waals surface area contributed by atoms with Crippen molar-refractivity contribution < 1.29 is 5.11 Å². The number of nitrogens with zero attached hydrogens (tertiary/aromatic N) is 5. The van der Waals surface area contributed by atoms with Crippen molar-refractivity contribution >= 4 is 11.4 Å². The smallest absolute Gasteiger partial charge is 0.143 e. The summed E-state index contributed by atoms with van der Waals surface area (Å²) in [7, 11) is 0. The molecule has 94 valence electrons. The lowest BCUT2D eigenvalue weighted by Gasteiger charge is -2.46. The molecule has 0 amide bonds. The maximum absolute atomic E-state index is 9.73. The molecule has 2 heterocycles. The molecule has 1 aromatic carbocycles. The van der Waals surface area contributed by atoms with E-state index in [1.54, 1.807) is 4.68 Å². The number of β-amino-alcohol motifs (C(OH)–C–C–N with tert-alkyl or cyclic N) is 1. The first kappa shape index (κ1) is 11.0. The van der Waals surface area contributed by atoms with Crippen LogP contribution in [-0.2, 0) is 0 Å². The van der Waals surface area contributed by atoms with Gasteiger partial charge >= 0.3 is 0 Å². The summed E-state index contributed by atoms with van der Waals surface area (Å²) in [5.74, 6) is 0. The van der Waals surface area contributed by atoms with E-state index in [2.05, 4.69) is 15.5 Å². The zero-order valence-electron chi connectivity index (χ0n) is 9.98. The van der Waals surface area contributed by atoms with Gasteiger partial charge in [-0.1, -0.05) is 0 Å². The molecule has 0 spiro atoms. The van der Waals surface area contributed by atoms with Crippen molar-refractivity contribution in [2.45, 2.75) is 12.5 Å². The second kappa shape index (κ2) is 3.67. The Labute approximate surface area is 104 Å². The van der Waals surface area contributed by atoms with Crippen molar-refractivity contribution in [1.82, 2.24) is 20.2 Å². The molecule has 1 aliphatic heterocycles. The van der Waals surface area contributed by atoms with Crippen LogP contribution in [0.4, 0.5) is 11.4 Å². The van der Waals surface area contributed by atoms with Crippen molar-refractivity contribution in [3.63, 3.8) is 0 Å². The molecule has 7 heteroatoms. The summed E-state index contributed by atoms with van der Waals surface area (Å²) in [5, 5.41) is 20.7. The lowest BCUT2D eigenvalue weighted by molar-refractivity contribution is 0.0311. The van der Waals surface area contributed by atoms with Crippen molar-refractivity contribution in [3.05, 3.63) is 24.5 Å². The highest BCUT2D eigenvalue weighted by Crippen LogP contribution is 2.32. The molecular formula is C11H14N6O. The van der Waals surface area contributed by atoms with Gasteiger partial charge in [0.05, 0.1) is 22.7 Å². The van der Waals surface area contributed by atoms with Crippen LogP contribution in [0.15, 0.2) is 24.5 Å². The van der Waals surface area contributed by atoms with Crippen molar-refractivity contribution in [1.29, 1.82) is 0 Å². The molecule has 1 saturated heterocycles. The third-order valence-electron chi connectivity index (χ3n) is 3.03. The standard InChI is InChI=1S/C11H14N6O/c1-11(18)5-16(6-11)10-3-2-8(4-9(10)12)17-7-13-14-15-17/h2-4,7,18H,5-6,12H2,1H3. The van der Waals surface area contributed by atoms with E-state index in [4.69, 9.17) is 5.73 Å². The van der Waals surface area contributed by atoms with Crippen LogP contribution in [0, 0.1) is 0 Å². The first-order valence-corrected chi connectivity index (χ1v) is 5.65. The Morgan fingerprint density at radius 2 is 2.17 bits per heavy atom. The number of anilines is 2. The molecule has 7 nitrogen and oxygen atoms in total. The molecule has 0 aliphatic carbocycles. The van der Waals surface area contributed by atoms with Crippen LogP contribution in [0.1, 0.15) is 6.92 Å². The third kappa shape index (κ3) is 1.78. The molecule has 1 aromatic heterocycles. The number of nitrogens with two attached hydrogens (primary N) is 1. The molecule has 0 unspecified atom stereocenters. The highest BCUT2D eigenvalue weighted by Gasteiger charge is 2.37. The summed E-state index contributed by atoms with van der Waals surface area (Å²) in [6, 6.07) is 5.63. The number of hydrogen-bond acceptors (Lipinski definition) is 6. The fourth-order valence-corrected chi connectivity index (χ4v) is 2.20. The average Bonchev–Trinajstić information content (AvgIpc) is 2.79. The van der Waals surface area contributed by atoms with E-state index >= 15 is 0 Å². The lowest BCUT2D eigenvalue weighted by Crippen LogP contribution is -2.60. The Morgan fingerprint density at radius 3 is 2.72 bits per heavy atom. The molecule has 3 rings (SSSR count). The maximum Gasteiger partial charge on any atom is 0.143 e. The Balaban J connectivity index is 1.87. The van der Waals surface area contributed by atoms with Crippen LogP contribution in [0.2, 0.25) is 0 Å². The maximum atomic E-state index is 9.73. The monoisotopic (exact) mass is 246 g/mol. The van der Waals surface area contributed by atoms with E-state index < -0.39 is 5.60 Å². The van der Waals surface area contributed by atoms with Gasteiger partial charge in [-0.25, -0.2) is 4.68 Å². The molecule has 0 radical (unpaired) electrons. The van der Waals surface area contributed by atoms with Crippen LogP contribution in [0.5, 0.6) is 0 Å². The first-order chi connectivity index (χ1) is 8.55. The molecule has 3 N–H and O–H groups in total. The number of aromatic nitrogens is 4. The second-order valence-electron chi connectivity index (χ2n) is 4.85. The van der Waals surface area contributed by atoms with E-state index in [1.165, 1.54) is 6.33 Å². The summed E-state index contributed by atoms with van der Waals surface area (Å²) in [5.41, 5.74) is 7.80. The van der Waals surface area contributed by atoms with E-state index in [0.29, 0.717) is 18.8 Å². The van der Waals surface area contributed by atoms with Gasteiger partial charge in [0.1, 0.15) is 6.33 Å². The second-order valence-corrected chi connectivity index (χ2v) is 4.85. The Bertz CT molecular complexity index is 557. The van der Waals surface area contributed by atoms with Gasteiger partial charge in [-0.3, -0.25) is 0 Å². The summed E-state index contributed by atoms with van der Waals surface area (Å²) in [6.45, 7) is 3.01. The fourth-order valence-electron chi connectivity index (χ4n) is 2.20. The number of tetrazole rings is 1. The zero-order chi connectivity index (χ0) is 12.8. The van der Waals surface area contributed by atoms with Crippen molar-refractivity contribution in [3.8, 4) is 5.69 Å². The number of rotatable bonds is 2. The minimum atomic E-state index is -0.610. The Kier molecular flexibility index (Phi) is 2.24.